The maximum Gasteiger partial charge on any atom is 0.239 e. The summed E-state index contributed by atoms with van der Waals surface area (Å²) in [5.74, 6) is 0.864. The summed E-state index contributed by atoms with van der Waals surface area (Å²) < 4.78 is 0. The molecule has 0 radical (unpaired) electrons. The van der Waals surface area contributed by atoms with E-state index in [2.05, 4.69) is 4.90 Å². The molecule has 104 valence electrons. The number of amides is 1. The van der Waals surface area contributed by atoms with E-state index < -0.39 is 0 Å². The van der Waals surface area contributed by atoms with Crippen molar-refractivity contribution in [3.8, 4) is 0 Å². The van der Waals surface area contributed by atoms with Gasteiger partial charge in [0.2, 0.25) is 5.91 Å². The zero-order valence-corrected chi connectivity index (χ0v) is 11.8. The van der Waals surface area contributed by atoms with E-state index in [0.717, 1.165) is 25.9 Å². The highest BCUT2D eigenvalue weighted by Gasteiger charge is 2.39. The molecule has 1 heterocycles. The van der Waals surface area contributed by atoms with Crippen LogP contribution >= 0.6 is 0 Å². The predicted octanol–water partition coefficient (Wildman–Crippen LogP) is 1.06. The van der Waals surface area contributed by atoms with Gasteiger partial charge in [0.05, 0.1) is 6.04 Å². The van der Waals surface area contributed by atoms with Gasteiger partial charge in [-0.15, -0.1) is 0 Å². The van der Waals surface area contributed by atoms with Crippen LogP contribution in [0.2, 0.25) is 0 Å². The molecule has 1 aliphatic carbocycles. The highest BCUT2D eigenvalue weighted by molar-refractivity contribution is 5.81. The summed E-state index contributed by atoms with van der Waals surface area (Å²) >= 11 is 0. The minimum Gasteiger partial charge on any atom is -0.347 e. The summed E-state index contributed by atoms with van der Waals surface area (Å²) in [5, 5.41) is 0. The zero-order chi connectivity index (χ0) is 13.1. The number of carbonyl (C=O) groups is 1. The Kier molecular flexibility index (Phi) is 4.62. The largest absolute Gasteiger partial charge is 0.347 e. The van der Waals surface area contributed by atoms with Gasteiger partial charge in [0.25, 0.3) is 0 Å². The third-order valence-corrected chi connectivity index (χ3v) is 4.62. The van der Waals surface area contributed by atoms with Gasteiger partial charge in [0, 0.05) is 20.1 Å². The second kappa shape index (κ2) is 6.02. The van der Waals surface area contributed by atoms with Crippen LogP contribution in [-0.4, -0.2) is 55.0 Å². The molecule has 1 saturated carbocycles. The molecule has 0 aromatic heterocycles. The highest BCUT2D eigenvalue weighted by Crippen LogP contribution is 2.33. The zero-order valence-electron chi connectivity index (χ0n) is 11.8. The van der Waals surface area contributed by atoms with Crippen LogP contribution in [0.5, 0.6) is 0 Å². The second-order valence-corrected chi connectivity index (χ2v) is 5.98. The fourth-order valence-electron chi connectivity index (χ4n) is 3.65. The minimum atomic E-state index is 0.108. The van der Waals surface area contributed by atoms with Gasteiger partial charge >= 0.3 is 0 Å². The van der Waals surface area contributed by atoms with E-state index in [1.54, 1.807) is 4.90 Å². The number of likely N-dealkylation sites (tertiary alicyclic amines) is 1. The van der Waals surface area contributed by atoms with Crippen LogP contribution in [0.25, 0.3) is 0 Å². The van der Waals surface area contributed by atoms with E-state index in [1.165, 1.54) is 25.7 Å². The Balaban J connectivity index is 2.07. The number of hydrogen-bond acceptors (Lipinski definition) is 3. The van der Waals surface area contributed by atoms with Crippen molar-refractivity contribution >= 4 is 5.91 Å². The fraction of sp³-hybridized carbons (Fsp3) is 0.929. The molecule has 0 aromatic rings. The first kappa shape index (κ1) is 13.8. The first-order valence-corrected chi connectivity index (χ1v) is 7.32. The topological polar surface area (TPSA) is 49.6 Å². The first-order valence-electron chi connectivity index (χ1n) is 7.32. The van der Waals surface area contributed by atoms with Crippen LogP contribution in [0.4, 0.5) is 0 Å². The van der Waals surface area contributed by atoms with Crippen LogP contribution in [0, 0.1) is 5.92 Å². The number of carbonyl (C=O) groups excluding carboxylic acids is 1. The Morgan fingerprint density at radius 1 is 1.22 bits per heavy atom. The summed E-state index contributed by atoms with van der Waals surface area (Å²) in [7, 11) is 3.72. The molecule has 2 aliphatic rings. The van der Waals surface area contributed by atoms with Crippen molar-refractivity contribution in [1.82, 2.24) is 9.80 Å². The average molecular weight is 253 g/mol. The summed E-state index contributed by atoms with van der Waals surface area (Å²) in [6.07, 6.45) is 7.22. The molecule has 0 bridgehead atoms. The molecular weight excluding hydrogens is 226 g/mol. The number of rotatable bonds is 3. The smallest absolute Gasteiger partial charge is 0.239 e. The summed E-state index contributed by atoms with van der Waals surface area (Å²) in [4.78, 5) is 16.4. The lowest BCUT2D eigenvalue weighted by atomic mass is 9.83. The maximum atomic E-state index is 12.2. The third kappa shape index (κ3) is 2.69. The van der Waals surface area contributed by atoms with Crippen molar-refractivity contribution in [2.24, 2.45) is 11.7 Å². The fourth-order valence-corrected chi connectivity index (χ4v) is 3.65. The Morgan fingerprint density at radius 3 is 2.61 bits per heavy atom. The van der Waals surface area contributed by atoms with Crippen molar-refractivity contribution in [3.05, 3.63) is 0 Å². The standard InChI is InChI=1S/C14H27N3O/c1-16(2)14(18)13-8-5-9-17(13)12-7-4-3-6-11(12)10-15/h11-13H,3-10,15H2,1-2H3. The molecule has 3 atom stereocenters. The van der Waals surface area contributed by atoms with E-state index in [0.29, 0.717) is 12.0 Å². The van der Waals surface area contributed by atoms with Gasteiger partial charge in [-0.1, -0.05) is 12.8 Å². The first-order chi connectivity index (χ1) is 8.65. The van der Waals surface area contributed by atoms with Gasteiger partial charge in [-0.3, -0.25) is 9.69 Å². The molecular formula is C14H27N3O. The third-order valence-electron chi connectivity index (χ3n) is 4.62. The SMILES string of the molecule is CN(C)C(=O)C1CCCN1C1CCCCC1CN. The molecule has 1 saturated heterocycles. The minimum absolute atomic E-state index is 0.108. The van der Waals surface area contributed by atoms with E-state index in [4.69, 9.17) is 5.73 Å². The van der Waals surface area contributed by atoms with Gasteiger partial charge in [-0.05, 0) is 44.7 Å². The lowest BCUT2D eigenvalue weighted by Crippen LogP contribution is -2.51. The van der Waals surface area contributed by atoms with Crippen molar-refractivity contribution in [2.75, 3.05) is 27.2 Å². The molecule has 4 heteroatoms. The molecule has 1 aliphatic heterocycles. The van der Waals surface area contributed by atoms with E-state index in [9.17, 15) is 4.79 Å². The molecule has 3 unspecified atom stereocenters. The van der Waals surface area contributed by atoms with Gasteiger partial charge in [0.15, 0.2) is 0 Å². The average Bonchev–Trinajstić information content (AvgIpc) is 2.86. The summed E-state index contributed by atoms with van der Waals surface area (Å²) in [5.41, 5.74) is 5.92. The number of likely N-dealkylation sites (N-methyl/N-ethyl adjacent to an activating group) is 1. The summed E-state index contributed by atoms with van der Waals surface area (Å²) in [6, 6.07) is 0.650. The van der Waals surface area contributed by atoms with Crippen LogP contribution in [0.1, 0.15) is 38.5 Å². The quantitative estimate of drug-likeness (QED) is 0.818. The Hall–Kier alpha value is -0.610. The number of hydrogen-bond donors (Lipinski definition) is 1. The van der Waals surface area contributed by atoms with Crippen molar-refractivity contribution in [1.29, 1.82) is 0 Å². The molecule has 1 amide bonds. The van der Waals surface area contributed by atoms with E-state index in [-0.39, 0.29) is 11.9 Å². The van der Waals surface area contributed by atoms with Gasteiger partial charge in [0.1, 0.15) is 0 Å². The van der Waals surface area contributed by atoms with E-state index in [1.807, 2.05) is 14.1 Å². The van der Waals surface area contributed by atoms with Crippen molar-refractivity contribution < 1.29 is 4.79 Å². The van der Waals surface area contributed by atoms with Gasteiger partial charge in [-0.2, -0.15) is 0 Å². The Bertz CT molecular complexity index is 293. The lowest BCUT2D eigenvalue weighted by Gasteiger charge is -2.40. The van der Waals surface area contributed by atoms with E-state index >= 15 is 0 Å². The maximum absolute atomic E-state index is 12.2. The lowest BCUT2D eigenvalue weighted by molar-refractivity contribution is -0.134. The normalized spacial score (nSPS) is 33.6. The molecule has 0 spiro atoms. The molecule has 2 rings (SSSR count). The Morgan fingerprint density at radius 2 is 1.94 bits per heavy atom. The van der Waals surface area contributed by atoms with Crippen LogP contribution in [-0.2, 0) is 4.79 Å². The predicted molar refractivity (Wildman–Crippen MR) is 73.2 cm³/mol. The van der Waals surface area contributed by atoms with Gasteiger partial charge < -0.3 is 10.6 Å². The Labute approximate surface area is 110 Å². The van der Waals surface area contributed by atoms with Gasteiger partial charge in [-0.25, -0.2) is 0 Å². The molecule has 2 N–H and O–H groups in total. The van der Waals surface area contributed by atoms with Crippen LogP contribution < -0.4 is 5.73 Å². The van der Waals surface area contributed by atoms with Crippen molar-refractivity contribution in [3.63, 3.8) is 0 Å². The second-order valence-electron chi connectivity index (χ2n) is 5.98. The van der Waals surface area contributed by atoms with Crippen LogP contribution in [0.15, 0.2) is 0 Å². The van der Waals surface area contributed by atoms with Crippen molar-refractivity contribution in [2.45, 2.75) is 50.6 Å². The monoisotopic (exact) mass is 253 g/mol. The number of nitrogens with two attached hydrogens (primary N) is 1. The number of nitrogens with zero attached hydrogens (tertiary/aromatic N) is 2. The van der Waals surface area contributed by atoms with Crippen LogP contribution in [0.3, 0.4) is 0 Å². The highest BCUT2D eigenvalue weighted by atomic mass is 16.2. The molecule has 18 heavy (non-hydrogen) atoms. The molecule has 2 fully saturated rings. The molecule has 0 aromatic carbocycles. The molecule has 4 nitrogen and oxygen atoms in total. The summed E-state index contributed by atoms with van der Waals surface area (Å²) in [6.45, 7) is 1.84.